The van der Waals surface area contributed by atoms with Crippen molar-refractivity contribution in [3.05, 3.63) is 46.9 Å². The summed E-state index contributed by atoms with van der Waals surface area (Å²) in [4.78, 5) is 0. The van der Waals surface area contributed by atoms with Gasteiger partial charge in [0.2, 0.25) is 0 Å². The maximum Gasteiger partial charge on any atom is 0.135 e. The lowest BCUT2D eigenvalue weighted by Crippen LogP contribution is -2.16. The Kier molecular flexibility index (Phi) is 4.04. The minimum Gasteiger partial charge on any atom is -0.459 e. The van der Waals surface area contributed by atoms with Gasteiger partial charge in [-0.3, -0.25) is 0 Å². The third kappa shape index (κ3) is 2.74. The zero-order chi connectivity index (χ0) is 13.1. The van der Waals surface area contributed by atoms with Gasteiger partial charge < -0.3 is 9.73 Å². The maximum absolute atomic E-state index is 13.0. The highest BCUT2D eigenvalue weighted by Gasteiger charge is 2.12. The maximum atomic E-state index is 13.0. The molecule has 2 rings (SSSR count). The van der Waals surface area contributed by atoms with Crippen molar-refractivity contribution in [3.63, 3.8) is 0 Å². The highest BCUT2D eigenvalue weighted by molar-refractivity contribution is 6.33. The van der Waals surface area contributed by atoms with E-state index in [1.165, 1.54) is 12.1 Å². The number of benzene rings is 1. The first-order valence-electron chi connectivity index (χ1n) is 5.90. The van der Waals surface area contributed by atoms with Crippen LogP contribution in [0.4, 0.5) is 4.39 Å². The summed E-state index contributed by atoms with van der Waals surface area (Å²) in [5.74, 6) is 1.14. The molecule has 0 saturated heterocycles. The van der Waals surface area contributed by atoms with Gasteiger partial charge in [-0.2, -0.15) is 0 Å². The molecule has 0 aliphatic rings. The molecule has 4 heteroatoms. The number of furan rings is 1. The summed E-state index contributed by atoms with van der Waals surface area (Å²) in [6.45, 7) is 4.93. The Labute approximate surface area is 111 Å². The lowest BCUT2D eigenvalue weighted by Gasteiger charge is -2.08. The molecule has 1 aromatic carbocycles. The quantitative estimate of drug-likeness (QED) is 0.888. The van der Waals surface area contributed by atoms with E-state index in [4.69, 9.17) is 16.0 Å². The Morgan fingerprint density at radius 1 is 1.33 bits per heavy atom. The van der Waals surface area contributed by atoms with Gasteiger partial charge in [-0.05, 0) is 43.8 Å². The molecule has 0 aliphatic carbocycles. The molecule has 1 heterocycles. The fourth-order valence-electron chi connectivity index (χ4n) is 1.83. The molecule has 2 nitrogen and oxygen atoms in total. The molecule has 0 saturated carbocycles. The number of hydrogen-bond donors (Lipinski definition) is 1. The van der Waals surface area contributed by atoms with Gasteiger partial charge >= 0.3 is 0 Å². The molecule has 0 fully saturated rings. The normalized spacial score (nSPS) is 12.7. The number of hydrogen-bond acceptors (Lipinski definition) is 2. The summed E-state index contributed by atoms with van der Waals surface area (Å²) in [7, 11) is 0. The Balaban J connectivity index is 2.29. The molecule has 96 valence electrons. The predicted molar refractivity (Wildman–Crippen MR) is 71.2 cm³/mol. The summed E-state index contributed by atoms with van der Waals surface area (Å²) in [5.41, 5.74) is 0.702. The second-order valence-electron chi connectivity index (χ2n) is 4.11. The van der Waals surface area contributed by atoms with Crippen LogP contribution < -0.4 is 5.32 Å². The first-order valence-corrected chi connectivity index (χ1v) is 6.28. The molecule has 0 aliphatic heterocycles. The molecule has 1 unspecified atom stereocenters. The first kappa shape index (κ1) is 13.1. The van der Waals surface area contributed by atoms with Gasteiger partial charge in [-0.25, -0.2) is 4.39 Å². The lowest BCUT2D eigenvalue weighted by molar-refractivity contribution is 0.445. The fraction of sp³-hybridized carbons (Fsp3) is 0.286. The van der Waals surface area contributed by atoms with E-state index in [0.717, 1.165) is 12.3 Å². The van der Waals surface area contributed by atoms with E-state index in [0.29, 0.717) is 16.3 Å². The number of nitrogens with one attached hydrogen (secondary N) is 1. The smallest absolute Gasteiger partial charge is 0.135 e. The van der Waals surface area contributed by atoms with Gasteiger partial charge in [-0.1, -0.05) is 18.5 Å². The molecule has 0 amide bonds. The van der Waals surface area contributed by atoms with E-state index in [2.05, 4.69) is 5.32 Å². The van der Waals surface area contributed by atoms with Crippen LogP contribution in [0.3, 0.4) is 0 Å². The van der Waals surface area contributed by atoms with Crippen molar-refractivity contribution in [3.8, 4) is 11.3 Å². The standard InChI is InChI=1S/C14H15ClFNO/c1-3-17-9(2)13-6-7-14(18-13)11-5-4-10(16)8-12(11)15/h4-9,17H,3H2,1-2H3. The lowest BCUT2D eigenvalue weighted by atomic mass is 10.2. The first-order chi connectivity index (χ1) is 8.61. The van der Waals surface area contributed by atoms with Crippen LogP contribution in [0.1, 0.15) is 25.6 Å². The summed E-state index contributed by atoms with van der Waals surface area (Å²) >= 11 is 6.00. The van der Waals surface area contributed by atoms with Gasteiger partial charge in [0.1, 0.15) is 17.3 Å². The van der Waals surface area contributed by atoms with Crippen molar-refractivity contribution in [2.75, 3.05) is 6.54 Å². The predicted octanol–water partition coefficient (Wildman–Crippen LogP) is 4.41. The van der Waals surface area contributed by atoms with E-state index in [1.807, 2.05) is 26.0 Å². The molecule has 0 bridgehead atoms. The van der Waals surface area contributed by atoms with Gasteiger partial charge in [0.15, 0.2) is 0 Å². The summed E-state index contributed by atoms with van der Waals surface area (Å²) in [5, 5.41) is 3.62. The van der Waals surface area contributed by atoms with Gasteiger partial charge in [0.25, 0.3) is 0 Å². The minimum absolute atomic E-state index is 0.142. The van der Waals surface area contributed by atoms with E-state index in [1.54, 1.807) is 6.07 Å². The zero-order valence-electron chi connectivity index (χ0n) is 10.3. The van der Waals surface area contributed by atoms with Crippen molar-refractivity contribution in [1.29, 1.82) is 0 Å². The fourth-order valence-corrected chi connectivity index (χ4v) is 2.09. The van der Waals surface area contributed by atoms with E-state index in [-0.39, 0.29) is 11.9 Å². The summed E-state index contributed by atoms with van der Waals surface area (Å²) in [6, 6.07) is 8.18. The molecule has 0 spiro atoms. The second kappa shape index (κ2) is 5.55. The van der Waals surface area contributed by atoms with Gasteiger partial charge in [0.05, 0.1) is 11.1 Å². The Bertz CT molecular complexity index is 538. The van der Waals surface area contributed by atoms with Crippen molar-refractivity contribution >= 4 is 11.6 Å². The van der Waals surface area contributed by atoms with Gasteiger partial charge in [0, 0.05) is 5.56 Å². The Hall–Kier alpha value is -1.32. The van der Waals surface area contributed by atoms with Gasteiger partial charge in [-0.15, -0.1) is 0 Å². The molecular weight excluding hydrogens is 253 g/mol. The second-order valence-corrected chi connectivity index (χ2v) is 4.51. The third-order valence-corrected chi connectivity index (χ3v) is 3.07. The monoisotopic (exact) mass is 267 g/mol. The van der Waals surface area contributed by atoms with E-state index in [9.17, 15) is 4.39 Å². The van der Waals surface area contributed by atoms with Crippen LogP contribution in [0.25, 0.3) is 11.3 Å². The molecule has 1 atom stereocenters. The molecular formula is C14H15ClFNO. The summed E-state index contributed by atoms with van der Waals surface area (Å²) in [6.07, 6.45) is 0. The Morgan fingerprint density at radius 3 is 2.78 bits per heavy atom. The number of halogens is 2. The van der Waals surface area contributed by atoms with Crippen LogP contribution in [-0.4, -0.2) is 6.54 Å². The zero-order valence-corrected chi connectivity index (χ0v) is 11.1. The van der Waals surface area contributed by atoms with Crippen LogP contribution >= 0.6 is 11.6 Å². The van der Waals surface area contributed by atoms with Crippen molar-refractivity contribution in [2.24, 2.45) is 0 Å². The topological polar surface area (TPSA) is 25.2 Å². The third-order valence-electron chi connectivity index (χ3n) is 2.76. The van der Waals surface area contributed by atoms with Crippen molar-refractivity contribution < 1.29 is 8.81 Å². The van der Waals surface area contributed by atoms with Crippen LogP contribution in [0.15, 0.2) is 34.7 Å². The van der Waals surface area contributed by atoms with E-state index < -0.39 is 0 Å². The van der Waals surface area contributed by atoms with Crippen LogP contribution in [0.5, 0.6) is 0 Å². The van der Waals surface area contributed by atoms with E-state index >= 15 is 0 Å². The van der Waals surface area contributed by atoms with Crippen LogP contribution in [0, 0.1) is 5.82 Å². The van der Waals surface area contributed by atoms with Crippen molar-refractivity contribution in [1.82, 2.24) is 5.32 Å². The van der Waals surface area contributed by atoms with Crippen LogP contribution in [0.2, 0.25) is 5.02 Å². The molecule has 2 aromatic rings. The van der Waals surface area contributed by atoms with Crippen molar-refractivity contribution in [2.45, 2.75) is 19.9 Å². The summed E-state index contributed by atoms with van der Waals surface area (Å²) < 4.78 is 18.7. The molecule has 1 N–H and O–H groups in total. The highest BCUT2D eigenvalue weighted by atomic mass is 35.5. The van der Waals surface area contributed by atoms with Crippen LogP contribution in [-0.2, 0) is 0 Å². The average molecular weight is 268 g/mol. The average Bonchev–Trinajstić information content (AvgIpc) is 2.78. The largest absolute Gasteiger partial charge is 0.459 e. The number of rotatable bonds is 4. The molecule has 1 aromatic heterocycles. The SMILES string of the molecule is CCNC(C)c1ccc(-c2ccc(F)cc2Cl)o1. The Morgan fingerprint density at radius 2 is 2.11 bits per heavy atom. The molecule has 18 heavy (non-hydrogen) atoms. The molecule has 0 radical (unpaired) electrons. The highest BCUT2D eigenvalue weighted by Crippen LogP contribution is 2.31. The minimum atomic E-state index is -0.350.